The average molecular weight is 582 g/mol. The minimum Gasteiger partial charge on any atom is -0.382 e. The highest BCUT2D eigenvalue weighted by atomic mass is 15.2. The van der Waals surface area contributed by atoms with Crippen molar-refractivity contribution in [3.8, 4) is 0 Å². The van der Waals surface area contributed by atoms with Crippen LogP contribution < -0.4 is 16.0 Å². The molecule has 3 N–H and O–H groups in total. The van der Waals surface area contributed by atoms with Crippen molar-refractivity contribution < 1.29 is 0 Å². The monoisotopic (exact) mass is 581 g/mol. The molecule has 0 spiro atoms. The second-order valence-corrected chi connectivity index (χ2v) is 11.9. The molecule has 45 heavy (non-hydrogen) atoms. The van der Waals surface area contributed by atoms with Gasteiger partial charge in [0.1, 0.15) is 5.82 Å². The Labute approximate surface area is 261 Å². The Balaban J connectivity index is 1.11. The highest BCUT2D eigenvalue weighted by molar-refractivity contribution is 6.10. The standard InChI is InChI=1S/C40H31N5/c1-2-9-30-26(8-1)15-16-28-22-27(17-18-31(28)30)29-23-36(34-11-5-6-20-42-34)43-37(24-29)35-12-7-14-40(44-35)45-38-13-4-3-10-32(38)33-25-41-21-19-39(33)45/h1-25,34-36,42-44H. The molecule has 5 heteroatoms. The summed E-state index contributed by atoms with van der Waals surface area (Å²) in [7, 11) is 0. The molecule has 0 radical (unpaired) electrons. The summed E-state index contributed by atoms with van der Waals surface area (Å²) in [5.74, 6) is 1.03. The van der Waals surface area contributed by atoms with Crippen LogP contribution in [0.1, 0.15) is 5.56 Å². The van der Waals surface area contributed by atoms with Gasteiger partial charge in [0.05, 0.1) is 29.2 Å². The van der Waals surface area contributed by atoms with Crippen molar-refractivity contribution >= 4 is 54.7 Å². The number of pyridine rings is 1. The number of hydrogen-bond donors (Lipinski definition) is 3. The van der Waals surface area contributed by atoms with E-state index in [1.165, 1.54) is 38.1 Å². The second-order valence-electron chi connectivity index (χ2n) is 11.9. The lowest BCUT2D eigenvalue weighted by molar-refractivity contribution is 0.524. The molecule has 2 aromatic heterocycles. The van der Waals surface area contributed by atoms with Crippen LogP contribution in [0.4, 0.5) is 0 Å². The van der Waals surface area contributed by atoms with Crippen LogP contribution in [-0.2, 0) is 0 Å². The van der Waals surface area contributed by atoms with Crippen molar-refractivity contribution in [3.05, 3.63) is 163 Å². The molecule has 0 aliphatic carbocycles. The molecule has 5 heterocycles. The van der Waals surface area contributed by atoms with Crippen molar-refractivity contribution in [1.29, 1.82) is 0 Å². The average Bonchev–Trinajstić information content (AvgIpc) is 3.46. The normalized spacial score (nSPS) is 20.9. The van der Waals surface area contributed by atoms with E-state index in [0.717, 1.165) is 27.9 Å². The summed E-state index contributed by atoms with van der Waals surface area (Å²) in [6.07, 6.45) is 23.5. The van der Waals surface area contributed by atoms with E-state index in [1.807, 2.05) is 24.7 Å². The Hall–Kier alpha value is -5.81. The van der Waals surface area contributed by atoms with Crippen molar-refractivity contribution in [2.24, 2.45) is 0 Å². The topological polar surface area (TPSA) is 53.9 Å². The van der Waals surface area contributed by atoms with Crippen LogP contribution in [0, 0.1) is 0 Å². The lowest BCUT2D eigenvalue weighted by Gasteiger charge is -2.34. The van der Waals surface area contributed by atoms with Gasteiger partial charge in [-0.3, -0.25) is 9.55 Å². The Morgan fingerprint density at radius 2 is 1.51 bits per heavy atom. The van der Waals surface area contributed by atoms with Gasteiger partial charge in [-0.05, 0) is 75.3 Å². The summed E-state index contributed by atoms with van der Waals surface area (Å²) in [6.45, 7) is 0. The number of nitrogens with zero attached hydrogens (tertiary/aromatic N) is 2. The van der Waals surface area contributed by atoms with Gasteiger partial charge < -0.3 is 16.0 Å². The molecule has 3 aliphatic heterocycles. The molecule has 0 saturated heterocycles. The molecule has 216 valence electrons. The summed E-state index contributed by atoms with van der Waals surface area (Å²) in [4.78, 5) is 4.42. The van der Waals surface area contributed by atoms with Gasteiger partial charge in [0.15, 0.2) is 0 Å². The molecule has 3 aliphatic rings. The smallest absolute Gasteiger partial charge is 0.111 e. The molecule has 9 rings (SSSR count). The number of nitrogens with one attached hydrogen (secondary N) is 3. The van der Waals surface area contributed by atoms with Crippen LogP contribution in [0.25, 0.3) is 54.7 Å². The molecule has 6 aromatic rings. The summed E-state index contributed by atoms with van der Waals surface area (Å²) in [5.41, 5.74) is 5.84. The Morgan fingerprint density at radius 1 is 0.667 bits per heavy atom. The summed E-state index contributed by atoms with van der Waals surface area (Å²) >= 11 is 0. The van der Waals surface area contributed by atoms with Gasteiger partial charge in [-0.15, -0.1) is 0 Å². The molecular weight excluding hydrogens is 550 g/mol. The van der Waals surface area contributed by atoms with E-state index in [2.05, 4.69) is 153 Å². The van der Waals surface area contributed by atoms with E-state index < -0.39 is 0 Å². The lowest BCUT2D eigenvalue weighted by atomic mass is 9.91. The first-order valence-corrected chi connectivity index (χ1v) is 15.5. The molecule has 3 unspecified atom stereocenters. The fourth-order valence-electron chi connectivity index (χ4n) is 7.02. The molecule has 3 atom stereocenters. The highest BCUT2D eigenvalue weighted by Gasteiger charge is 2.27. The first-order chi connectivity index (χ1) is 22.3. The van der Waals surface area contributed by atoms with Crippen molar-refractivity contribution in [2.45, 2.75) is 18.1 Å². The first-order valence-electron chi connectivity index (χ1n) is 15.5. The van der Waals surface area contributed by atoms with E-state index in [9.17, 15) is 0 Å². The van der Waals surface area contributed by atoms with Gasteiger partial charge in [-0.2, -0.15) is 0 Å². The second kappa shape index (κ2) is 10.4. The summed E-state index contributed by atoms with van der Waals surface area (Å²) in [5, 5.41) is 18.7. The quantitative estimate of drug-likeness (QED) is 0.186. The third-order valence-electron chi connectivity index (χ3n) is 9.19. The SMILES string of the molecule is C1=CNC(C2C=C(c3ccc4c(ccc5ccccc54)c3)C=C(C3C=CC=C(n4c5ccccc5c5cnccc54)N3)N2)C=C1. The molecule has 0 bridgehead atoms. The van der Waals surface area contributed by atoms with Gasteiger partial charge >= 0.3 is 0 Å². The van der Waals surface area contributed by atoms with Crippen molar-refractivity contribution in [2.75, 3.05) is 0 Å². The van der Waals surface area contributed by atoms with E-state index >= 15 is 0 Å². The van der Waals surface area contributed by atoms with Gasteiger partial charge in [0, 0.05) is 28.9 Å². The zero-order valence-corrected chi connectivity index (χ0v) is 24.6. The van der Waals surface area contributed by atoms with Crippen LogP contribution in [0.2, 0.25) is 0 Å². The predicted molar refractivity (Wildman–Crippen MR) is 187 cm³/mol. The third-order valence-corrected chi connectivity index (χ3v) is 9.19. The fraction of sp³-hybridized carbons (Fsp3) is 0.0750. The molecule has 0 amide bonds. The number of benzene rings is 4. The Morgan fingerprint density at radius 3 is 2.44 bits per heavy atom. The maximum atomic E-state index is 4.42. The number of para-hydroxylation sites is 1. The third kappa shape index (κ3) is 4.35. The van der Waals surface area contributed by atoms with Crippen LogP contribution in [0.3, 0.4) is 0 Å². The van der Waals surface area contributed by atoms with Gasteiger partial charge in [-0.1, -0.05) is 97.1 Å². The van der Waals surface area contributed by atoms with Gasteiger partial charge in [0.25, 0.3) is 0 Å². The lowest BCUT2D eigenvalue weighted by Crippen LogP contribution is -2.49. The zero-order chi connectivity index (χ0) is 29.7. The van der Waals surface area contributed by atoms with Crippen LogP contribution in [0.5, 0.6) is 0 Å². The zero-order valence-electron chi connectivity index (χ0n) is 24.6. The van der Waals surface area contributed by atoms with E-state index in [0.29, 0.717) is 0 Å². The van der Waals surface area contributed by atoms with Crippen LogP contribution >= 0.6 is 0 Å². The van der Waals surface area contributed by atoms with Crippen molar-refractivity contribution in [1.82, 2.24) is 25.5 Å². The number of allylic oxidation sites excluding steroid dienone is 6. The largest absolute Gasteiger partial charge is 0.382 e. The molecule has 4 aromatic carbocycles. The number of rotatable bonds is 4. The summed E-state index contributed by atoms with van der Waals surface area (Å²) < 4.78 is 2.31. The number of dihydropyridines is 3. The van der Waals surface area contributed by atoms with E-state index in [1.54, 1.807) is 0 Å². The Kier molecular flexibility index (Phi) is 5.94. The minimum atomic E-state index is -0.0400. The van der Waals surface area contributed by atoms with Crippen LogP contribution in [0.15, 0.2) is 158 Å². The Bertz CT molecular complexity index is 2280. The van der Waals surface area contributed by atoms with Crippen LogP contribution in [-0.4, -0.2) is 27.7 Å². The minimum absolute atomic E-state index is 0.0400. The number of aromatic nitrogens is 2. The van der Waals surface area contributed by atoms with E-state index in [4.69, 9.17) is 0 Å². The van der Waals surface area contributed by atoms with E-state index in [-0.39, 0.29) is 18.1 Å². The maximum Gasteiger partial charge on any atom is 0.111 e. The highest BCUT2D eigenvalue weighted by Crippen LogP contribution is 2.33. The molecular formula is C40H31N5. The molecule has 0 fully saturated rings. The first kappa shape index (κ1) is 25.7. The predicted octanol–water partition coefficient (Wildman–Crippen LogP) is 7.80. The van der Waals surface area contributed by atoms with Gasteiger partial charge in [0.2, 0.25) is 0 Å². The number of fused-ring (bicyclic) bond motifs is 6. The van der Waals surface area contributed by atoms with Crippen molar-refractivity contribution in [3.63, 3.8) is 0 Å². The maximum absolute atomic E-state index is 4.42. The fourth-order valence-corrected chi connectivity index (χ4v) is 7.02. The molecule has 5 nitrogen and oxygen atoms in total. The molecule has 0 saturated carbocycles. The van der Waals surface area contributed by atoms with Gasteiger partial charge in [-0.25, -0.2) is 0 Å². The summed E-state index contributed by atoms with van der Waals surface area (Å²) in [6, 6.07) is 30.7. The number of hydrogen-bond acceptors (Lipinski definition) is 4.